The highest BCUT2D eigenvalue weighted by atomic mass is 79.9. The lowest BCUT2D eigenvalue weighted by atomic mass is 10.3. The second kappa shape index (κ2) is 5.32. The predicted molar refractivity (Wildman–Crippen MR) is 63.6 cm³/mol. The van der Waals surface area contributed by atoms with E-state index in [4.69, 9.17) is 0 Å². The molecule has 3 nitrogen and oxygen atoms in total. The molecule has 1 unspecified atom stereocenters. The van der Waals surface area contributed by atoms with Crippen LogP contribution in [0.1, 0.15) is 6.92 Å². The minimum absolute atomic E-state index is 0.508. The Morgan fingerprint density at radius 1 is 1.50 bits per heavy atom. The van der Waals surface area contributed by atoms with Crippen molar-refractivity contribution in [2.75, 3.05) is 26.0 Å². The Labute approximate surface area is 93.7 Å². The average Bonchev–Trinajstić information content (AvgIpc) is 2.14. The minimum atomic E-state index is 0.508. The van der Waals surface area contributed by atoms with E-state index in [9.17, 15) is 0 Å². The van der Waals surface area contributed by atoms with Crippen LogP contribution in [0.3, 0.4) is 0 Å². The Morgan fingerprint density at radius 2 is 2.21 bits per heavy atom. The molecular formula is C10H16BrN3. The van der Waals surface area contributed by atoms with Gasteiger partial charge in [0.25, 0.3) is 0 Å². The van der Waals surface area contributed by atoms with E-state index < -0.39 is 0 Å². The van der Waals surface area contributed by atoms with E-state index >= 15 is 0 Å². The van der Waals surface area contributed by atoms with Crippen LogP contribution in [0.2, 0.25) is 0 Å². The first-order chi connectivity index (χ1) is 6.59. The first-order valence-corrected chi connectivity index (χ1v) is 5.39. The van der Waals surface area contributed by atoms with Gasteiger partial charge in [0.1, 0.15) is 0 Å². The summed E-state index contributed by atoms with van der Waals surface area (Å²) in [4.78, 5) is 6.26. The Bertz CT molecular complexity index is 288. The van der Waals surface area contributed by atoms with Crippen molar-refractivity contribution in [2.24, 2.45) is 0 Å². The number of nitrogens with one attached hydrogen (secondary N) is 1. The Hall–Kier alpha value is -0.610. The summed E-state index contributed by atoms with van der Waals surface area (Å²) >= 11 is 3.39. The van der Waals surface area contributed by atoms with Gasteiger partial charge >= 0.3 is 0 Å². The van der Waals surface area contributed by atoms with Gasteiger partial charge in [-0.1, -0.05) is 0 Å². The van der Waals surface area contributed by atoms with Crippen LogP contribution in [-0.4, -0.2) is 36.6 Å². The fourth-order valence-electron chi connectivity index (χ4n) is 0.957. The maximum Gasteiger partial charge on any atom is 0.0538 e. The molecule has 0 bridgehead atoms. The highest BCUT2D eigenvalue weighted by Crippen LogP contribution is 2.13. The number of pyridine rings is 1. The second-order valence-corrected chi connectivity index (χ2v) is 4.50. The molecule has 0 saturated heterocycles. The largest absolute Gasteiger partial charge is 0.382 e. The second-order valence-electron chi connectivity index (χ2n) is 3.59. The Balaban J connectivity index is 2.45. The number of rotatable bonds is 4. The molecule has 0 radical (unpaired) electrons. The van der Waals surface area contributed by atoms with Gasteiger partial charge in [-0.25, -0.2) is 0 Å². The molecule has 1 heterocycles. The van der Waals surface area contributed by atoms with Crippen LogP contribution in [0, 0.1) is 0 Å². The van der Waals surface area contributed by atoms with Gasteiger partial charge in [0.05, 0.1) is 11.9 Å². The number of anilines is 1. The molecule has 0 amide bonds. The summed E-state index contributed by atoms with van der Waals surface area (Å²) in [5, 5.41) is 3.33. The van der Waals surface area contributed by atoms with Crippen molar-refractivity contribution in [3.8, 4) is 0 Å². The zero-order valence-electron chi connectivity index (χ0n) is 8.79. The summed E-state index contributed by atoms with van der Waals surface area (Å²) in [5.74, 6) is 0. The number of likely N-dealkylation sites (N-methyl/N-ethyl adjacent to an activating group) is 1. The van der Waals surface area contributed by atoms with Gasteiger partial charge in [-0.05, 0) is 43.0 Å². The molecule has 1 rings (SSSR count). The fourth-order valence-corrected chi connectivity index (χ4v) is 1.32. The van der Waals surface area contributed by atoms with E-state index in [1.165, 1.54) is 0 Å². The standard InChI is InChI=1S/C10H16BrN3/c1-8(14(2)3)5-13-10-4-9(11)6-12-7-10/h4,6-8,13H,5H2,1-3H3. The van der Waals surface area contributed by atoms with Gasteiger partial charge < -0.3 is 10.2 Å². The summed E-state index contributed by atoms with van der Waals surface area (Å²) in [7, 11) is 4.15. The molecule has 78 valence electrons. The highest BCUT2D eigenvalue weighted by molar-refractivity contribution is 9.10. The number of aromatic nitrogens is 1. The van der Waals surface area contributed by atoms with E-state index in [2.05, 4.69) is 52.1 Å². The third kappa shape index (κ3) is 3.64. The average molecular weight is 258 g/mol. The third-order valence-corrected chi connectivity index (χ3v) is 2.62. The lowest BCUT2D eigenvalue weighted by Gasteiger charge is -2.20. The van der Waals surface area contributed by atoms with E-state index in [1.54, 1.807) is 6.20 Å². The lowest BCUT2D eigenvalue weighted by molar-refractivity contribution is 0.326. The topological polar surface area (TPSA) is 28.2 Å². The Kier molecular flexibility index (Phi) is 4.35. The maximum absolute atomic E-state index is 4.08. The predicted octanol–water partition coefficient (Wildman–Crippen LogP) is 2.21. The van der Waals surface area contributed by atoms with Crippen LogP contribution in [0.25, 0.3) is 0 Å². The monoisotopic (exact) mass is 257 g/mol. The SMILES string of the molecule is CC(CNc1cncc(Br)c1)N(C)C. The smallest absolute Gasteiger partial charge is 0.0538 e. The molecule has 0 aliphatic carbocycles. The Morgan fingerprint density at radius 3 is 2.79 bits per heavy atom. The first kappa shape index (κ1) is 11.5. The van der Waals surface area contributed by atoms with Crippen LogP contribution in [0.4, 0.5) is 5.69 Å². The molecule has 0 aliphatic heterocycles. The fraction of sp³-hybridized carbons (Fsp3) is 0.500. The highest BCUT2D eigenvalue weighted by Gasteiger charge is 2.03. The number of hydrogen-bond donors (Lipinski definition) is 1. The lowest BCUT2D eigenvalue weighted by Crippen LogP contribution is -2.31. The van der Waals surface area contributed by atoms with E-state index in [0.29, 0.717) is 6.04 Å². The van der Waals surface area contributed by atoms with Crippen LogP contribution in [0.15, 0.2) is 22.9 Å². The van der Waals surface area contributed by atoms with Crippen molar-refractivity contribution < 1.29 is 0 Å². The van der Waals surface area contributed by atoms with Crippen LogP contribution >= 0.6 is 15.9 Å². The van der Waals surface area contributed by atoms with Crippen LogP contribution in [-0.2, 0) is 0 Å². The molecule has 0 saturated carbocycles. The number of halogens is 1. The van der Waals surface area contributed by atoms with E-state index in [0.717, 1.165) is 16.7 Å². The van der Waals surface area contributed by atoms with Gasteiger partial charge in [0.2, 0.25) is 0 Å². The third-order valence-electron chi connectivity index (χ3n) is 2.19. The van der Waals surface area contributed by atoms with Gasteiger partial charge in [-0.3, -0.25) is 4.98 Å². The zero-order valence-corrected chi connectivity index (χ0v) is 10.4. The first-order valence-electron chi connectivity index (χ1n) is 4.60. The maximum atomic E-state index is 4.08. The zero-order chi connectivity index (χ0) is 10.6. The normalized spacial score (nSPS) is 12.9. The summed E-state index contributed by atoms with van der Waals surface area (Å²) in [6.07, 6.45) is 3.60. The van der Waals surface area contributed by atoms with Gasteiger partial charge in [-0.15, -0.1) is 0 Å². The van der Waals surface area contributed by atoms with Crippen molar-refractivity contribution in [1.82, 2.24) is 9.88 Å². The molecule has 0 aromatic carbocycles. The molecule has 14 heavy (non-hydrogen) atoms. The van der Waals surface area contributed by atoms with Gasteiger partial charge in [0.15, 0.2) is 0 Å². The van der Waals surface area contributed by atoms with E-state index in [1.807, 2.05) is 12.3 Å². The molecule has 1 aromatic heterocycles. The molecule has 0 aliphatic rings. The summed E-state index contributed by atoms with van der Waals surface area (Å²) in [6, 6.07) is 2.53. The van der Waals surface area contributed by atoms with Crippen molar-refractivity contribution >= 4 is 21.6 Å². The molecular weight excluding hydrogens is 242 g/mol. The molecule has 4 heteroatoms. The molecule has 1 atom stereocenters. The van der Waals surface area contributed by atoms with E-state index in [-0.39, 0.29) is 0 Å². The number of nitrogens with zero attached hydrogens (tertiary/aromatic N) is 2. The number of hydrogen-bond acceptors (Lipinski definition) is 3. The summed E-state index contributed by atoms with van der Waals surface area (Å²) in [6.45, 7) is 3.10. The molecule has 1 aromatic rings. The van der Waals surface area contributed by atoms with Gasteiger partial charge in [0, 0.05) is 23.3 Å². The van der Waals surface area contributed by atoms with Crippen molar-refractivity contribution in [1.29, 1.82) is 0 Å². The van der Waals surface area contributed by atoms with Crippen molar-refractivity contribution in [3.63, 3.8) is 0 Å². The quantitative estimate of drug-likeness (QED) is 0.897. The minimum Gasteiger partial charge on any atom is -0.382 e. The van der Waals surface area contributed by atoms with Crippen LogP contribution < -0.4 is 5.32 Å². The van der Waals surface area contributed by atoms with Crippen LogP contribution in [0.5, 0.6) is 0 Å². The van der Waals surface area contributed by atoms with Crippen molar-refractivity contribution in [2.45, 2.75) is 13.0 Å². The van der Waals surface area contributed by atoms with Gasteiger partial charge in [-0.2, -0.15) is 0 Å². The summed E-state index contributed by atoms with van der Waals surface area (Å²) < 4.78 is 1.00. The van der Waals surface area contributed by atoms with Crippen molar-refractivity contribution in [3.05, 3.63) is 22.9 Å². The molecule has 1 N–H and O–H groups in total. The molecule has 0 spiro atoms. The molecule has 0 fully saturated rings. The summed E-state index contributed by atoms with van der Waals surface area (Å²) in [5.41, 5.74) is 1.05.